The van der Waals surface area contributed by atoms with Crippen molar-refractivity contribution in [1.29, 1.82) is 0 Å². The first kappa shape index (κ1) is 24.4. The van der Waals surface area contributed by atoms with E-state index >= 15 is 0 Å². The molecule has 0 spiro atoms. The number of fused-ring (bicyclic) bond motifs is 1. The molecule has 6 nitrogen and oxygen atoms in total. The Morgan fingerprint density at radius 1 is 1.15 bits per heavy atom. The third-order valence-electron chi connectivity index (χ3n) is 5.51. The number of halogens is 3. The number of alkyl halides is 3. The van der Waals surface area contributed by atoms with Gasteiger partial charge in [0.25, 0.3) is 11.5 Å². The maximum absolute atomic E-state index is 13.3. The van der Waals surface area contributed by atoms with Crippen molar-refractivity contribution in [3.63, 3.8) is 0 Å². The zero-order valence-corrected chi connectivity index (χ0v) is 18.7. The van der Waals surface area contributed by atoms with Crippen molar-refractivity contribution in [2.24, 2.45) is 0 Å². The number of carbonyl (C=O) groups excluding carboxylic acids is 1. The number of aromatic nitrogens is 2. The summed E-state index contributed by atoms with van der Waals surface area (Å²) < 4.78 is 46.2. The van der Waals surface area contributed by atoms with Crippen LogP contribution in [0.5, 0.6) is 0 Å². The Balaban J connectivity index is 2.12. The molecule has 1 heterocycles. The van der Waals surface area contributed by atoms with Gasteiger partial charge in [-0.1, -0.05) is 25.1 Å². The molecule has 0 aliphatic heterocycles. The average Bonchev–Trinajstić information content (AvgIpc) is 2.81. The summed E-state index contributed by atoms with van der Waals surface area (Å²) in [5.41, 5.74) is -0.726. The molecule has 0 radical (unpaired) electrons. The highest BCUT2D eigenvalue weighted by Gasteiger charge is 2.33. The first-order valence-electron chi connectivity index (χ1n) is 10.7. The Labute approximate surface area is 189 Å². The maximum Gasteiger partial charge on any atom is 0.416 e. The Kier molecular flexibility index (Phi) is 7.53. The van der Waals surface area contributed by atoms with E-state index in [1.54, 1.807) is 31.2 Å². The van der Waals surface area contributed by atoms with Crippen molar-refractivity contribution in [1.82, 2.24) is 14.5 Å². The number of carbonyl (C=O) groups is 1. The molecule has 1 aromatic heterocycles. The second-order valence-corrected chi connectivity index (χ2v) is 7.53. The van der Waals surface area contributed by atoms with E-state index in [4.69, 9.17) is 9.72 Å². The van der Waals surface area contributed by atoms with E-state index in [1.807, 2.05) is 6.92 Å². The Morgan fingerprint density at radius 2 is 1.88 bits per heavy atom. The van der Waals surface area contributed by atoms with Crippen LogP contribution in [0, 0.1) is 0 Å². The molecule has 1 amide bonds. The summed E-state index contributed by atoms with van der Waals surface area (Å²) in [4.78, 5) is 32.7. The number of amides is 1. The molecule has 3 rings (SSSR count). The number of methoxy groups -OCH3 is 1. The molecule has 1 atom stereocenters. The molecule has 176 valence electrons. The highest BCUT2D eigenvalue weighted by molar-refractivity contribution is 5.94. The van der Waals surface area contributed by atoms with Gasteiger partial charge in [-0.2, -0.15) is 13.2 Å². The quantitative estimate of drug-likeness (QED) is 0.489. The van der Waals surface area contributed by atoms with Gasteiger partial charge >= 0.3 is 6.18 Å². The third-order valence-corrected chi connectivity index (χ3v) is 5.51. The van der Waals surface area contributed by atoms with Crippen LogP contribution in [0.3, 0.4) is 0 Å². The number of benzene rings is 2. The molecule has 0 aliphatic rings. The van der Waals surface area contributed by atoms with Crippen molar-refractivity contribution >= 4 is 16.8 Å². The van der Waals surface area contributed by atoms with Crippen LogP contribution in [0.1, 0.15) is 48.1 Å². The zero-order valence-electron chi connectivity index (χ0n) is 18.7. The lowest BCUT2D eigenvalue weighted by atomic mass is 10.1. The lowest BCUT2D eigenvalue weighted by molar-refractivity contribution is -0.137. The van der Waals surface area contributed by atoms with Gasteiger partial charge in [0.05, 0.1) is 35.7 Å². The van der Waals surface area contributed by atoms with Gasteiger partial charge in [-0.25, -0.2) is 4.98 Å². The van der Waals surface area contributed by atoms with Gasteiger partial charge in [-0.05, 0) is 43.7 Å². The lowest BCUT2D eigenvalue weighted by Gasteiger charge is -2.31. The second kappa shape index (κ2) is 10.2. The summed E-state index contributed by atoms with van der Waals surface area (Å²) in [5.74, 6) is -0.184. The highest BCUT2D eigenvalue weighted by atomic mass is 19.4. The number of ether oxygens (including phenoxy) is 1. The molecule has 0 saturated carbocycles. The average molecular weight is 461 g/mol. The number of rotatable bonds is 8. The number of hydrogen-bond donors (Lipinski definition) is 0. The summed E-state index contributed by atoms with van der Waals surface area (Å²) in [6.45, 7) is 4.30. The van der Waals surface area contributed by atoms with E-state index in [2.05, 4.69) is 0 Å². The molecular formula is C24H26F3N3O3. The van der Waals surface area contributed by atoms with Gasteiger partial charge in [0, 0.05) is 19.2 Å². The van der Waals surface area contributed by atoms with Crippen molar-refractivity contribution in [2.45, 2.75) is 39.0 Å². The first-order valence-corrected chi connectivity index (χ1v) is 10.7. The predicted octanol–water partition coefficient (Wildman–Crippen LogP) is 4.68. The minimum Gasteiger partial charge on any atom is -0.383 e. The van der Waals surface area contributed by atoms with Gasteiger partial charge in [0.1, 0.15) is 5.82 Å². The fourth-order valence-electron chi connectivity index (χ4n) is 3.88. The summed E-state index contributed by atoms with van der Waals surface area (Å²) in [5, 5.41) is 0.444. The van der Waals surface area contributed by atoms with Crippen molar-refractivity contribution in [3.8, 4) is 0 Å². The summed E-state index contributed by atoms with van der Waals surface area (Å²) in [6.07, 6.45) is -4.14. The Morgan fingerprint density at radius 3 is 2.52 bits per heavy atom. The Bertz CT molecular complexity index is 1190. The van der Waals surface area contributed by atoms with E-state index in [0.717, 1.165) is 12.1 Å². The molecular weight excluding hydrogens is 435 g/mol. The van der Waals surface area contributed by atoms with Gasteiger partial charge < -0.3 is 9.64 Å². The maximum atomic E-state index is 13.3. The fourth-order valence-corrected chi connectivity index (χ4v) is 3.88. The summed E-state index contributed by atoms with van der Waals surface area (Å²) in [6, 6.07) is 10.7. The van der Waals surface area contributed by atoms with Crippen LogP contribution in [0.4, 0.5) is 13.2 Å². The van der Waals surface area contributed by atoms with Gasteiger partial charge in [-0.3, -0.25) is 14.2 Å². The standard InChI is InChI=1S/C24H26F3N3O3/c1-4-20(29(5-2)22(31)16-9-8-10-17(15-16)24(25,26)27)21-28-19-12-7-6-11-18(19)23(32)30(21)13-14-33-3/h6-12,15,20H,4-5,13-14H2,1-3H3. The van der Waals surface area contributed by atoms with Crippen molar-refractivity contribution in [3.05, 3.63) is 75.8 Å². The van der Waals surface area contributed by atoms with Gasteiger partial charge in [0.2, 0.25) is 0 Å². The number of hydrogen-bond acceptors (Lipinski definition) is 4. The molecule has 0 N–H and O–H groups in total. The molecule has 0 bridgehead atoms. The normalized spacial score (nSPS) is 12.7. The fraction of sp³-hybridized carbons (Fsp3) is 0.375. The zero-order chi connectivity index (χ0) is 24.2. The SMILES string of the molecule is CCC(c1nc2ccccc2c(=O)n1CCOC)N(CC)C(=O)c1cccc(C(F)(F)F)c1. The lowest BCUT2D eigenvalue weighted by Crippen LogP contribution is -2.39. The third kappa shape index (κ3) is 5.08. The van der Waals surface area contributed by atoms with Crippen LogP contribution in [-0.2, 0) is 17.5 Å². The van der Waals surface area contributed by atoms with Crippen LogP contribution in [0.15, 0.2) is 53.3 Å². The van der Waals surface area contributed by atoms with Crippen LogP contribution in [0.25, 0.3) is 10.9 Å². The molecule has 0 saturated heterocycles. The molecule has 33 heavy (non-hydrogen) atoms. The largest absolute Gasteiger partial charge is 0.416 e. The minimum atomic E-state index is -4.56. The van der Waals surface area contributed by atoms with Gasteiger partial charge in [0.15, 0.2) is 0 Å². The van der Waals surface area contributed by atoms with E-state index in [1.165, 1.54) is 28.7 Å². The van der Waals surface area contributed by atoms with Crippen LogP contribution >= 0.6 is 0 Å². The number of para-hydroxylation sites is 1. The molecule has 0 aliphatic carbocycles. The number of nitrogens with zero attached hydrogens (tertiary/aromatic N) is 3. The second-order valence-electron chi connectivity index (χ2n) is 7.53. The van der Waals surface area contributed by atoms with Crippen LogP contribution in [0.2, 0.25) is 0 Å². The smallest absolute Gasteiger partial charge is 0.383 e. The van der Waals surface area contributed by atoms with Gasteiger partial charge in [-0.15, -0.1) is 0 Å². The van der Waals surface area contributed by atoms with E-state index in [-0.39, 0.29) is 30.8 Å². The predicted molar refractivity (Wildman–Crippen MR) is 119 cm³/mol. The first-order chi connectivity index (χ1) is 15.7. The minimum absolute atomic E-state index is 0.0725. The van der Waals surface area contributed by atoms with Crippen molar-refractivity contribution in [2.75, 3.05) is 20.3 Å². The van der Waals surface area contributed by atoms with Crippen molar-refractivity contribution < 1.29 is 22.7 Å². The summed E-state index contributed by atoms with van der Waals surface area (Å²) >= 11 is 0. The summed E-state index contributed by atoms with van der Waals surface area (Å²) in [7, 11) is 1.52. The molecule has 2 aromatic carbocycles. The van der Waals surface area contributed by atoms with E-state index in [0.29, 0.717) is 23.1 Å². The molecule has 3 aromatic rings. The molecule has 1 unspecified atom stereocenters. The highest BCUT2D eigenvalue weighted by Crippen LogP contribution is 2.31. The molecule has 0 fully saturated rings. The Hall–Kier alpha value is -3.20. The topological polar surface area (TPSA) is 64.4 Å². The van der Waals surface area contributed by atoms with Crippen LogP contribution in [-0.4, -0.2) is 40.6 Å². The van der Waals surface area contributed by atoms with Crippen LogP contribution < -0.4 is 5.56 Å². The van der Waals surface area contributed by atoms with E-state index in [9.17, 15) is 22.8 Å². The molecule has 9 heteroatoms. The van der Waals surface area contributed by atoms with E-state index < -0.39 is 23.7 Å². The monoisotopic (exact) mass is 461 g/mol.